The van der Waals surface area contributed by atoms with Gasteiger partial charge in [-0.2, -0.15) is 0 Å². The van der Waals surface area contributed by atoms with E-state index >= 15 is 0 Å². The van der Waals surface area contributed by atoms with Crippen molar-refractivity contribution in [2.75, 3.05) is 13.7 Å². The number of rotatable bonds is 5. The van der Waals surface area contributed by atoms with E-state index in [4.69, 9.17) is 14.4 Å². The molecule has 2 bridgehead atoms. The first-order valence-corrected chi connectivity index (χ1v) is 14.1. The number of ether oxygens (including phenoxy) is 2. The lowest BCUT2D eigenvalue weighted by molar-refractivity contribution is -0.332. The van der Waals surface area contributed by atoms with Crippen molar-refractivity contribution in [1.82, 2.24) is 5.32 Å². The second-order valence-electron chi connectivity index (χ2n) is 13.6. The maximum Gasteiger partial charge on any atom is 0.407 e. The summed E-state index contributed by atoms with van der Waals surface area (Å²) in [6, 6.07) is -0.471. The third-order valence-electron chi connectivity index (χ3n) is 11.8. The first-order chi connectivity index (χ1) is 17.9. The van der Waals surface area contributed by atoms with Crippen LogP contribution in [0.5, 0.6) is 0 Å². The quantitative estimate of drug-likeness (QED) is 0.196. The number of fused-ring (bicyclic) bond motifs is 5. The van der Waals surface area contributed by atoms with Crippen molar-refractivity contribution in [1.29, 1.82) is 0 Å². The zero-order valence-corrected chi connectivity index (χ0v) is 24.6. The summed E-state index contributed by atoms with van der Waals surface area (Å²) in [7, 11) is 1.26. The molecular formula is C29H47NO9. The summed E-state index contributed by atoms with van der Waals surface area (Å²) in [5.41, 5.74) is -3.86. The van der Waals surface area contributed by atoms with Crippen LogP contribution in [0.2, 0.25) is 0 Å². The van der Waals surface area contributed by atoms with Gasteiger partial charge in [0.25, 0.3) is 0 Å². The van der Waals surface area contributed by atoms with Crippen molar-refractivity contribution >= 4 is 11.9 Å². The molecule has 3 aliphatic carbocycles. The number of aliphatic hydroxyl groups excluding tert-OH is 1. The predicted molar refractivity (Wildman–Crippen MR) is 141 cm³/mol. The molecule has 1 aliphatic heterocycles. The Bertz CT molecular complexity index is 1040. The minimum absolute atomic E-state index is 0.0656. The molecule has 0 aromatic rings. The number of carbonyl (C=O) groups is 2. The van der Waals surface area contributed by atoms with Gasteiger partial charge in [0.15, 0.2) is 5.78 Å². The van der Waals surface area contributed by atoms with E-state index in [1.54, 1.807) is 6.92 Å². The Kier molecular flexibility index (Phi) is 7.62. The van der Waals surface area contributed by atoms with Gasteiger partial charge < -0.3 is 30.1 Å². The Morgan fingerprint density at radius 3 is 2.31 bits per heavy atom. The van der Waals surface area contributed by atoms with Gasteiger partial charge >= 0.3 is 6.09 Å². The van der Waals surface area contributed by atoms with Gasteiger partial charge in [-0.05, 0) is 44.1 Å². The van der Waals surface area contributed by atoms with Crippen LogP contribution in [0.15, 0.2) is 11.1 Å². The number of methoxy groups -OCH3 is 1. The van der Waals surface area contributed by atoms with Crippen molar-refractivity contribution in [3.63, 3.8) is 0 Å². The molecule has 0 spiro atoms. The van der Waals surface area contributed by atoms with Gasteiger partial charge in [-0.1, -0.05) is 47.1 Å². The Morgan fingerprint density at radius 2 is 1.79 bits per heavy atom. The van der Waals surface area contributed by atoms with Crippen LogP contribution in [-0.2, 0) is 19.2 Å². The largest absolute Gasteiger partial charge is 0.453 e. The summed E-state index contributed by atoms with van der Waals surface area (Å²) >= 11 is 0. The van der Waals surface area contributed by atoms with Crippen molar-refractivity contribution in [3.8, 4) is 0 Å². The van der Waals surface area contributed by atoms with Crippen LogP contribution in [-0.4, -0.2) is 81.7 Å². The lowest BCUT2D eigenvalue weighted by atomic mass is 9.41. The minimum Gasteiger partial charge on any atom is -0.453 e. The molecule has 0 radical (unpaired) electrons. The van der Waals surface area contributed by atoms with Crippen LogP contribution in [0.3, 0.4) is 0 Å². The molecule has 39 heavy (non-hydrogen) atoms. The molecule has 1 heterocycles. The normalized spacial score (nSPS) is 45.5. The van der Waals surface area contributed by atoms with Gasteiger partial charge in [0.05, 0.1) is 25.4 Å². The van der Waals surface area contributed by atoms with Gasteiger partial charge in [-0.3, -0.25) is 10.1 Å². The molecule has 12 atom stereocenters. The van der Waals surface area contributed by atoms with E-state index in [9.17, 15) is 30.2 Å². The van der Waals surface area contributed by atoms with Crippen molar-refractivity contribution in [3.05, 3.63) is 11.1 Å². The fraction of sp³-hybridized carbons (Fsp3) is 0.862. The summed E-state index contributed by atoms with van der Waals surface area (Å²) < 4.78 is 10.5. The average Bonchev–Trinajstić information content (AvgIpc) is 2.87. The summed E-state index contributed by atoms with van der Waals surface area (Å²) in [5, 5.41) is 49.4. The summed E-state index contributed by atoms with van der Waals surface area (Å²) in [5.74, 6) is -2.87. The molecule has 8 unspecified atom stereocenters. The number of hydrogen-bond acceptors (Lipinski definition) is 9. The highest BCUT2D eigenvalue weighted by molar-refractivity contribution is 5.93. The highest BCUT2D eigenvalue weighted by Gasteiger charge is 2.73. The molecule has 3 fully saturated rings. The zero-order valence-electron chi connectivity index (χ0n) is 24.6. The number of amides is 1. The number of ketones is 1. The number of carbonyl (C=O) groups excluding carboxylic acids is 2. The van der Waals surface area contributed by atoms with Crippen LogP contribution in [0.1, 0.15) is 68.2 Å². The van der Waals surface area contributed by atoms with E-state index in [1.165, 1.54) is 7.11 Å². The first-order valence-electron chi connectivity index (χ1n) is 14.1. The van der Waals surface area contributed by atoms with Crippen LogP contribution < -0.4 is 5.32 Å². The van der Waals surface area contributed by atoms with E-state index < -0.39 is 76.2 Å². The number of hydrogen-bond donors (Lipinski definition) is 5. The molecule has 2 saturated carbocycles. The molecule has 10 heteroatoms. The third-order valence-corrected chi connectivity index (χ3v) is 11.8. The topological polar surface area (TPSA) is 155 Å². The number of aliphatic hydroxyl groups is 3. The highest BCUT2D eigenvalue weighted by Crippen LogP contribution is 2.66. The lowest BCUT2D eigenvalue weighted by Gasteiger charge is -2.68. The molecule has 1 amide bonds. The molecule has 5 N–H and O–H groups in total. The standard InChI is InChI=1S/C29H47NO9/c1-13-10-19-28(34,12-38-19)23-16(4)29(35)11-18(22(39-36)14(2)17(5)30-25(33)37-9)15(3)20(26(29,6)7)21(31)24(32)27(13,23)8/h13-14,16-19,21-23,31,34-36H,10-12H2,1-9H3,(H,30,33)/t13-,14?,16?,17?,18?,19?,21?,22+,23?,27+,28-,29?/m0/s1. The second-order valence-corrected chi connectivity index (χ2v) is 13.6. The number of alkyl carbamates (subject to hydrolysis) is 1. The molecule has 1 saturated heterocycles. The first kappa shape index (κ1) is 30.4. The monoisotopic (exact) mass is 553 g/mol. The summed E-state index contributed by atoms with van der Waals surface area (Å²) in [4.78, 5) is 31.3. The van der Waals surface area contributed by atoms with E-state index in [0.717, 1.165) is 0 Å². The molecule has 4 rings (SSSR count). The van der Waals surface area contributed by atoms with Gasteiger partial charge in [0.1, 0.15) is 17.8 Å². The molecule has 0 aromatic heterocycles. The third kappa shape index (κ3) is 3.96. The van der Waals surface area contributed by atoms with Gasteiger partial charge in [-0.15, -0.1) is 0 Å². The molecular weight excluding hydrogens is 506 g/mol. The highest BCUT2D eigenvalue weighted by atomic mass is 17.1. The van der Waals surface area contributed by atoms with Crippen LogP contribution in [0, 0.1) is 40.4 Å². The van der Waals surface area contributed by atoms with E-state index in [0.29, 0.717) is 17.6 Å². The Labute approximate surface area is 231 Å². The molecule has 0 aromatic carbocycles. The smallest absolute Gasteiger partial charge is 0.407 e. The van der Waals surface area contributed by atoms with E-state index in [2.05, 4.69) is 5.32 Å². The molecule has 4 aliphatic rings. The molecule has 222 valence electrons. The van der Waals surface area contributed by atoms with Crippen LogP contribution in [0.4, 0.5) is 4.79 Å². The van der Waals surface area contributed by atoms with Crippen molar-refractivity contribution < 1.29 is 44.5 Å². The zero-order chi connectivity index (χ0) is 29.5. The van der Waals surface area contributed by atoms with Crippen LogP contribution in [0.25, 0.3) is 0 Å². The lowest BCUT2D eigenvalue weighted by Crippen LogP contribution is -2.77. The predicted octanol–water partition coefficient (Wildman–Crippen LogP) is 2.69. The number of nitrogens with one attached hydrogen (secondary N) is 1. The van der Waals surface area contributed by atoms with Crippen molar-refractivity contribution in [2.24, 2.45) is 40.4 Å². The fourth-order valence-corrected chi connectivity index (χ4v) is 8.92. The van der Waals surface area contributed by atoms with E-state index in [1.807, 2.05) is 48.5 Å². The second kappa shape index (κ2) is 9.77. The maximum atomic E-state index is 14.3. The minimum atomic E-state index is -1.52. The van der Waals surface area contributed by atoms with Crippen molar-refractivity contribution in [2.45, 2.75) is 104 Å². The Morgan fingerprint density at radius 1 is 1.18 bits per heavy atom. The summed E-state index contributed by atoms with van der Waals surface area (Å²) in [6.45, 7) is 14.8. The SMILES string of the molecule is COC(=O)NC(C)C(C)[C@@H](OO)C1CC2(O)C(C)C3[C@]4(O)COC4C[C@H](C)[C@@]3(C)C(=O)C(O)C(=C1C)C2(C)C. The van der Waals surface area contributed by atoms with Gasteiger partial charge in [0.2, 0.25) is 0 Å². The van der Waals surface area contributed by atoms with Gasteiger partial charge in [0, 0.05) is 34.6 Å². The van der Waals surface area contributed by atoms with Gasteiger partial charge in [-0.25, -0.2) is 9.68 Å². The van der Waals surface area contributed by atoms with Crippen LogP contribution >= 0.6 is 0 Å². The van der Waals surface area contributed by atoms with E-state index in [-0.39, 0.29) is 24.7 Å². The summed E-state index contributed by atoms with van der Waals surface area (Å²) in [6.07, 6.45) is -2.83. The molecule has 10 nitrogen and oxygen atoms in total. The number of Topliss-reactive ketones (excluding diaryl/α,β-unsaturated/α-hetero) is 1. The Hall–Kier alpha value is -1.56. The Balaban J connectivity index is 1.89. The maximum absolute atomic E-state index is 14.3. The average molecular weight is 554 g/mol. The fourth-order valence-electron chi connectivity index (χ4n) is 8.92.